The highest BCUT2D eigenvalue weighted by Gasteiger charge is 2.09. The van der Waals surface area contributed by atoms with Gasteiger partial charge in [0.15, 0.2) is 5.96 Å². The minimum absolute atomic E-state index is 0. The van der Waals surface area contributed by atoms with Gasteiger partial charge in [0.25, 0.3) is 5.91 Å². The summed E-state index contributed by atoms with van der Waals surface area (Å²) in [7, 11) is 0. The summed E-state index contributed by atoms with van der Waals surface area (Å²) >= 11 is 0. The van der Waals surface area contributed by atoms with Crippen LogP contribution in [0.15, 0.2) is 23.6 Å². The van der Waals surface area contributed by atoms with E-state index >= 15 is 0 Å². The van der Waals surface area contributed by atoms with E-state index in [1.807, 2.05) is 20.8 Å². The van der Waals surface area contributed by atoms with Crippen LogP contribution in [0.2, 0.25) is 0 Å². The number of carbonyl (C=O) groups excluding carboxylic acids is 1. The normalized spacial score (nSPS) is 11.4. The summed E-state index contributed by atoms with van der Waals surface area (Å²) in [4.78, 5) is 23.4. The largest absolute Gasteiger partial charge is 0.370 e. The Balaban J connectivity index is 0.00000361. The second-order valence-corrected chi connectivity index (χ2v) is 4.99. The minimum Gasteiger partial charge on any atom is -0.370 e. The van der Waals surface area contributed by atoms with E-state index in [0.717, 1.165) is 0 Å². The number of amides is 1. The summed E-state index contributed by atoms with van der Waals surface area (Å²) < 4.78 is 0. The lowest BCUT2D eigenvalue weighted by atomic mass is 10.1. The van der Waals surface area contributed by atoms with Gasteiger partial charge in [0.2, 0.25) is 0 Å². The molecule has 0 radical (unpaired) electrons. The van der Waals surface area contributed by atoms with Crippen molar-refractivity contribution in [3.63, 3.8) is 0 Å². The fraction of sp³-hybridized carbons (Fsp3) is 0.500. The third kappa shape index (κ3) is 7.87. The molecule has 20 heavy (non-hydrogen) atoms. The highest BCUT2D eigenvalue weighted by Crippen LogP contribution is 1.96. The van der Waals surface area contributed by atoms with Crippen molar-refractivity contribution in [1.29, 1.82) is 0 Å². The minimum atomic E-state index is -0.273. The predicted octanol–water partition coefficient (Wildman–Crippen LogP) is 0.527. The maximum atomic E-state index is 11.6. The van der Waals surface area contributed by atoms with Crippen molar-refractivity contribution in [3.05, 3.63) is 24.3 Å². The molecular formula is C12H21IN6O. The number of hydrogen-bond acceptors (Lipinski definition) is 4. The molecule has 0 saturated heterocycles. The van der Waals surface area contributed by atoms with Gasteiger partial charge >= 0.3 is 0 Å². The lowest BCUT2D eigenvalue weighted by Gasteiger charge is -2.20. The fourth-order valence-corrected chi connectivity index (χ4v) is 1.28. The van der Waals surface area contributed by atoms with Crippen LogP contribution in [0.5, 0.6) is 0 Å². The number of rotatable bonds is 4. The number of nitrogens with two attached hydrogens (primary N) is 1. The maximum absolute atomic E-state index is 11.6. The molecule has 0 saturated carbocycles. The molecule has 0 aromatic carbocycles. The van der Waals surface area contributed by atoms with E-state index in [0.29, 0.717) is 19.0 Å². The predicted molar refractivity (Wildman–Crippen MR) is 89.2 cm³/mol. The van der Waals surface area contributed by atoms with Crippen molar-refractivity contribution >= 4 is 35.8 Å². The van der Waals surface area contributed by atoms with Gasteiger partial charge in [-0.1, -0.05) is 0 Å². The number of nitrogens with one attached hydrogen (secondary N) is 2. The summed E-state index contributed by atoms with van der Waals surface area (Å²) in [6, 6.07) is 0. The van der Waals surface area contributed by atoms with Crippen LogP contribution < -0.4 is 16.4 Å². The molecule has 4 N–H and O–H groups in total. The zero-order valence-electron chi connectivity index (χ0n) is 11.9. The number of nitrogens with zero attached hydrogens (tertiary/aromatic N) is 3. The first-order chi connectivity index (χ1) is 8.88. The van der Waals surface area contributed by atoms with Gasteiger partial charge in [0, 0.05) is 24.5 Å². The van der Waals surface area contributed by atoms with Crippen LogP contribution in [0.3, 0.4) is 0 Å². The summed E-state index contributed by atoms with van der Waals surface area (Å²) in [5, 5.41) is 5.72. The molecule has 0 bridgehead atoms. The Hall–Kier alpha value is -1.45. The average molecular weight is 392 g/mol. The van der Waals surface area contributed by atoms with E-state index in [-0.39, 0.29) is 41.1 Å². The summed E-state index contributed by atoms with van der Waals surface area (Å²) in [6.07, 6.45) is 4.40. The first-order valence-electron chi connectivity index (χ1n) is 6.01. The van der Waals surface area contributed by atoms with Gasteiger partial charge in [-0.05, 0) is 20.8 Å². The number of carbonyl (C=O) groups is 1. The first kappa shape index (κ1) is 18.6. The van der Waals surface area contributed by atoms with Crippen LogP contribution in [0, 0.1) is 0 Å². The Morgan fingerprint density at radius 2 is 2.10 bits per heavy atom. The zero-order valence-corrected chi connectivity index (χ0v) is 14.2. The highest BCUT2D eigenvalue weighted by molar-refractivity contribution is 14.0. The van der Waals surface area contributed by atoms with Crippen LogP contribution in [0.1, 0.15) is 31.3 Å². The number of hydrogen-bond donors (Lipinski definition) is 3. The van der Waals surface area contributed by atoms with Gasteiger partial charge < -0.3 is 16.4 Å². The number of halogens is 1. The molecule has 1 rings (SSSR count). The van der Waals surface area contributed by atoms with Gasteiger partial charge in [0.05, 0.1) is 12.7 Å². The smallest absolute Gasteiger partial charge is 0.271 e. The SMILES string of the molecule is CC(C)(C)NC(N)=NCCNC(=O)c1cnccn1.I. The molecule has 1 amide bonds. The summed E-state index contributed by atoms with van der Waals surface area (Å²) in [6.45, 7) is 6.77. The summed E-state index contributed by atoms with van der Waals surface area (Å²) in [5.41, 5.74) is 5.85. The lowest BCUT2D eigenvalue weighted by molar-refractivity contribution is 0.0949. The number of aliphatic imine (C=N–C) groups is 1. The molecule has 1 aromatic heterocycles. The molecule has 1 heterocycles. The monoisotopic (exact) mass is 392 g/mol. The van der Waals surface area contributed by atoms with Gasteiger partial charge in [-0.15, -0.1) is 24.0 Å². The Morgan fingerprint density at radius 1 is 1.40 bits per heavy atom. The van der Waals surface area contributed by atoms with E-state index in [1.165, 1.54) is 18.6 Å². The standard InChI is InChI=1S/C12H20N6O.HI/c1-12(2,3)18-11(13)17-7-6-16-10(19)9-8-14-4-5-15-9;/h4-5,8H,6-7H2,1-3H3,(H,16,19)(H3,13,17,18);1H. The average Bonchev–Trinajstić information content (AvgIpc) is 2.33. The highest BCUT2D eigenvalue weighted by atomic mass is 127. The molecule has 0 spiro atoms. The zero-order chi connectivity index (χ0) is 14.3. The Labute approximate surface area is 135 Å². The summed E-state index contributed by atoms with van der Waals surface area (Å²) in [5.74, 6) is 0.0897. The van der Waals surface area contributed by atoms with Crippen molar-refractivity contribution in [3.8, 4) is 0 Å². The fourth-order valence-electron chi connectivity index (χ4n) is 1.28. The van der Waals surface area contributed by atoms with Crippen LogP contribution >= 0.6 is 24.0 Å². The van der Waals surface area contributed by atoms with Gasteiger partial charge in [-0.2, -0.15) is 0 Å². The maximum Gasteiger partial charge on any atom is 0.271 e. The van der Waals surface area contributed by atoms with E-state index < -0.39 is 0 Å². The van der Waals surface area contributed by atoms with E-state index in [4.69, 9.17) is 5.73 Å². The van der Waals surface area contributed by atoms with Crippen molar-refractivity contribution in [1.82, 2.24) is 20.6 Å². The van der Waals surface area contributed by atoms with Crippen LogP contribution in [-0.2, 0) is 0 Å². The molecule has 0 aliphatic carbocycles. The van der Waals surface area contributed by atoms with Gasteiger partial charge in [-0.3, -0.25) is 14.8 Å². The third-order valence-electron chi connectivity index (χ3n) is 1.98. The molecule has 1 aromatic rings. The molecule has 0 unspecified atom stereocenters. The Bertz CT molecular complexity index is 443. The quantitative estimate of drug-likeness (QED) is 0.300. The molecule has 0 aliphatic rings. The topological polar surface area (TPSA) is 105 Å². The second-order valence-electron chi connectivity index (χ2n) is 4.99. The molecule has 112 valence electrons. The Morgan fingerprint density at radius 3 is 2.65 bits per heavy atom. The van der Waals surface area contributed by atoms with Gasteiger partial charge in [-0.25, -0.2) is 4.98 Å². The number of aromatic nitrogens is 2. The van der Waals surface area contributed by atoms with Crippen LogP contribution in [0.25, 0.3) is 0 Å². The van der Waals surface area contributed by atoms with Crippen molar-refractivity contribution in [2.75, 3.05) is 13.1 Å². The van der Waals surface area contributed by atoms with E-state index in [9.17, 15) is 4.79 Å². The van der Waals surface area contributed by atoms with Crippen molar-refractivity contribution < 1.29 is 4.79 Å². The van der Waals surface area contributed by atoms with E-state index in [1.54, 1.807) is 0 Å². The number of guanidine groups is 1. The van der Waals surface area contributed by atoms with Crippen LogP contribution in [0.4, 0.5) is 0 Å². The van der Waals surface area contributed by atoms with Crippen molar-refractivity contribution in [2.24, 2.45) is 10.7 Å². The lowest BCUT2D eigenvalue weighted by Crippen LogP contribution is -2.45. The molecule has 0 fully saturated rings. The molecular weight excluding hydrogens is 371 g/mol. The van der Waals surface area contributed by atoms with Crippen molar-refractivity contribution in [2.45, 2.75) is 26.3 Å². The first-order valence-corrected chi connectivity index (χ1v) is 6.01. The molecule has 0 aliphatic heterocycles. The molecule has 0 atom stereocenters. The van der Waals surface area contributed by atoms with Gasteiger partial charge in [0.1, 0.15) is 5.69 Å². The molecule has 8 heteroatoms. The van der Waals surface area contributed by atoms with E-state index in [2.05, 4.69) is 25.6 Å². The second kappa shape index (κ2) is 8.67. The Kier molecular flexibility index (Phi) is 8.04. The molecule has 7 nitrogen and oxygen atoms in total. The third-order valence-corrected chi connectivity index (χ3v) is 1.98. The van der Waals surface area contributed by atoms with Crippen LogP contribution in [-0.4, -0.2) is 40.5 Å².